The summed E-state index contributed by atoms with van der Waals surface area (Å²) < 4.78 is 43.0. The van der Waals surface area contributed by atoms with E-state index >= 15 is 0 Å². The van der Waals surface area contributed by atoms with E-state index in [0.29, 0.717) is 92.5 Å². The van der Waals surface area contributed by atoms with Crippen molar-refractivity contribution in [3.63, 3.8) is 0 Å². The minimum Gasteiger partial charge on any atom is -0.394 e. The summed E-state index contributed by atoms with van der Waals surface area (Å²) in [6.07, 6.45) is 12.6. The van der Waals surface area contributed by atoms with E-state index in [0.717, 1.165) is 26.1 Å². The van der Waals surface area contributed by atoms with E-state index in [-0.39, 0.29) is 13.2 Å². The molecule has 2 N–H and O–H groups in total. The van der Waals surface area contributed by atoms with Gasteiger partial charge in [0.1, 0.15) is 0 Å². The average molecular weight is 555 g/mol. The summed E-state index contributed by atoms with van der Waals surface area (Å²) in [6, 6.07) is 0. The molecule has 0 fully saturated rings. The summed E-state index contributed by atoms with van der Waals surface area (Å²) in [5, 5.41) is 17.2. The van der Waals surface area contributed by atoms with Crippen LogP contribution in [-0.2, 0) is 37.9 Å². The standard InChI is InChI=1S/C28H58O10/c29-11-15-33-19-23-37-27-25-35-21-17-31-13-9-7-5-3-1-2-4-6-8-10-14-32-18-22-36-26-28-38-24-20-34-16-12-30/h29-30H,1-28H2. The Morgan fingerprint density at radius 1 is 0.211 bits per heavy atom. The molecule has 38 heavy (non-hydrogen) atoms. The lowest BCUT2D eigenvalue weighted by atomic mass is 10.1. The average Bonchev–Trinajstić information content (AvgIpc) is 2.93. The molecule has 0 spiro atoms. The Morgan fingerprint density at radius 2 is 0.395 bits per heavy atom. The minimum absolute atomic E-state index is 0.0458. The molecule has 0 aromatic rings. The molecule has 0 radical (unpaired) electrons. The van der Waals surface area contributed by atoms with Crippen molar-refractivity contribution >= 4 is 0 Å². The zero-order valence-electron chi connectivity index (χ0n) is 24.0. The van der Waals surface area contributed by atoms with Crippen molar-refractivity contribution in [3.8, 4) is 0 Å². The monoisotopic (exact) mass is 554 g/mol. The highest BCUT2D eigenvalue weighted by Crippen LogP contribution is 2.10. The Labute approximate surface area is 231 Å². The third-order valence-electron chi connectivity index (χ3n) is 5.53. The number of ether oxygens (including phenoxy) is 8. The van der Waals surface area contributed by atoms with E-state index in [4.69, 9.17) is 48.1 Å². The maximum absolute atomic E-state index is 8.58. The van der Waals surface area contributed by atoms with Crippen LogP contribution in [-0.4, -0.2) is 129 Å². The fraction of sp³-hybridized carbons (Fsp3) is 1.00. The van der Waals surface area contributed by atoms with Gasteiger partial charge in [-0.05, 0) is 12.8 Å². The molecule has 0 rings (SSSR count). The summed E-state index contributed by atoms with van der Waals surface area (Å²) in [5.74, 6) is 0. The van der Waals surface area contributed by atoms with E-state index in [1.165, 1.54) is 51.4 Å². The highest BCUT2D eigenvalue weighted by atomic mass is 16.6. The highest BCUT2D eigenvalue weighted by Gasteiger charge is 1.96. The van der Waals surface area contributed by atoms with Crippen LogP contribution in [0.4, 0.5) is 0 Å². The molecular formula is C28H58O10. The summed E-state index contributed by atoms with van der Waals surface area (Å²) in [6.45, 7) is 9.20. The lowest BCUT2D eigenvalue weighted by molar-refractivity contribution is -0.00578. The smallest absolute Gasteiger partial charge is 0.0701 e. The Bertz CT molecular complexity index is 368. The first-order valence-electron chi connectivity index (χ1n) is 14.8. The largest absolute Gasteiger partial charge is 0.394 e. The zero-order valence-corrected chi connectivity index (χ0v) is 24.0. The van der Waals surface area contributed by atoms with Crippen LogP contribution in [0.2, 0.25) is 0 Å². The maximum Gasteiger partial charge on any atom is 0.0701 e. The topological polar surface area (TPSA) is 114 Å². The Kier molecular flexibility index (Phi) is 36.2. The van der Waals surface area contributed by atoms with Crippen LogP contribution in [0.5, 0.6) is 0 Å². The van der Waals surface area contributed by atoms with Gasteiger partial charge in [-0.2, -0.15) is 0 Å². The third kappa shape index (κ3) is 35.6. The lowest BCUT2D eigenvalue weighted by Gasteiger charge is -2.07. The van der Waals surface area contributed by atoms with Crippen LogP contribution < -0.4 is 0 Å². The second-order valence-corrected chi connectivity index (χ2v) is 8.88. The number of rotatable bonds is 35. The summed E-state index contributed by atoms with van der Waals surface area (Å²) in [5.41, 5.74) is 0. The van der Waals surface area contributed by atoms with Crippen LogP contribution in [0.1, 0.15) is 64.2 Å². The van der Waals surface area contributed by atoms with Crippen LogP contribution in [0.15, 0.2) is 0 Å². The second-order valence-electron chi connectivity index (χ2n) is 8.88. The normalized spacial score (nSPS) is 11.5. The first-order valence-corrected chi connectivity index (χ1v) is 14.8. The molecule has 0 aromatic heterocycles. The van der Waals surface area contributed by atoms with Gasteiger partial charge in [-0.3, -0.25) is 0 Å². The summed E-state index contributed by atoms with van der Waals surface area (Å²) in [4.78, 5) is 0. The van der Waals surface area contributed by atoms with Crippen molar-refractivity contribution in [2.24, 2.45) is 0 Å². The predicted octanol–water partition coefficient (Wildman–Crippen LogP) is 3.00. The van der Waals surface area contributed by atoms with Crippen LogP contribution >= 0.6 is 0 Å². The molecule has 0 saturated heterocycles. The van der Waals surface area contributed by atoms with Crippen LogP contribution in [0.25, 0.3) is 0 Å². The van der Waals surface area contributed by atoms with Gasteiger partial charge in [0.2, 0.25) is 0 Å². The van der Waals surface area contributed by atoms with Gasteiger partial charge >= 0.3 is 0 Å². The van der Waals surface area contributed by atoms with Crippen molar-refractivity contribution in [2.75, 3.05) is 119 Å². The van der Waals surface area contributed by atoms with Crippen molar-refractivity contribution in [2.45, 2.75) is 64.2 Å². The SMILES string of the molecule is OCCOCCOCCOCCOCCCCCCCCCCCCOCCOCCOCCOCCO. The predicted molar refractivity (Wildman–Crippen MR) is 147 cm³/mol. The highest BCUT2D eigenvalue weighted by molar-refractivity contribution is 4.48. The molecule has 0 heterocycles. The van der Waals surface area contributed by atoms with E-state index in [1.54, 1.807) is 0 Å². The van der Waals surface area contributed by atoms with Gasteiger partial charge in [0.05, 0.1) is 106 Å². The van der Waals surface area contributed by atoms with Crippen molar-refractivity contribution in [1.82, 2.24) is 0 Å². The number of unbranched alkanes of at least 4 members (excludes halogenated alkanes) is 9. The van der Waals surface area contributed by atoms with E-state index in [9.17, 15) is 0 Å². The summed E-state index contributed by atoms with van der Waals surface area (Å²) in [7, 11) is 0. The molecule has 230 valence electrons. The van der Waals surface area contributed by atoms with E-state index in [2.05, 4.69) is 0 Å². The molecule has 0 amide bonds. The molecule has 10 heteroatoms. The van der Waals surface area contributed by atoms with Crippen molar-refractivity contribution in [3.05, 3.63) is 0 Å². The Morgan fingerprint density at radius 3 is 0.632 bits per heavy atom. The minimum atomic E-state index is 0.0458. The quantitative estimate of drug-likeness (QED) is 0.113. The molecule has 0 saturated carbocycles. The lowest BCUT2D eigenvalue weighted by Crippen LogP contribution is -2.12. The molecule has 0 bridgehead atoms. The van der Waals surface area contributed by atoms with Gasteiger partial charge in [0.25, 0.3) is 0 Å². The van der Waals surface area contributed by atoms with E-state index in [1.807, 2.05) is 0 Å². The van der Waals surface area contributed by atoms with Gasteiger partial charge in [0, 0.05) is 13.2 Å². The maximum atomic E-state index is 8.58. The van der Waals surface area contributed by atoms with Gasteiger partial charge in [0.15, 0.2) is 0 Å². The Hall–Kier alpha value is -0.400. The number of hydrogen-bond acceptors (Lipinski definition) is 10. The van der Waals surface area contributed by atoms with Crippen LogP contribution in [0, 0.1) is 0 Å². The van der Waals surface area contributed by atoms with E-state index < -0.39 is 0 Å². The molecule has 10 nitrogen and oxygen atoms in total. The fourth-order valence-corrected chi connectivity index (χ4v) is 3.48. The first-order chi connectivity index (χ1) is 18.9. The molecule has 0 atom stereocenters. The van der Waals surface area contributed by atoms with Crippen LogP contribution in [0.3, 0.4) is 0 Å². The fourth-order valence-electron chi connectivity index (χ4n) is 3.48. The molecular weight excluding hydrogens is 496 g/mol. The second kappa shape index (κ2) is 36.6. The molecule has 0 unspecified atom stereocenters. The van der Waals surface area contributed by atoms with Gasteiger partial charge in [-0.25, -0.2) is 0 Å². The van der Waals surface area contributed by atoms with Gasteiger partial charge in [-0.15, -0.1) is 0 Å². The molecule has 0 aromatic carbocycles. The number of hydrogen-bond donors (Lipinski definition) is 2. The zero-order chi connectivity index (χ0) is 27.5. The van der Waals surface area contributed by atoms with Gasteiger partial charge in [-0.1, -0.05) is 51.4 Å². The van der Waals surface area contributed by atoms with Crippen molar-refractivity contribution < 1.29 is 48.1 Å². The molecule has 0 aliphatic heterocycles. The van der Waals surface area contributed by atoms with Crippen molar-refractivity contribution in [1.29, 1.82) is 0 Å². The Balaban J connectivity index is 3.01. The number of aliphatic hydroxyl groups excluding tert-OH is 2. The summed E-state index contributed by atoms with van der Waals surface area (Å²) >= 11 is 0. The third-order valence-corrected chi connectivity index (χ3v) is 5.53. The first kappa shape index (κ1) is 37.6. The van der Waals surface area contributed by atoms with Gasteiger partial charge < -0.3 is 48.1 Å². The number of aliphatic hydroxyl groups is 2. The molecule has 0 aliphatic rings. The molecule has 0 aliphatic carbocycles.